The van der Waals surface area contributed by atoms with E-state index >= 15 is 0 Å². The van der Waals surface area contributed by atoms with Gasteiger partial charge in [0.05, 0.1) is 4.92 Å². The summed E-state index contributed by atoms with van der Waals surface area (Å²) in [6, 6.07) is 2.87. The maximum atomic E-state index is 11.2. The van der Waals surface area contributed by atoms with Gasteiger partial charge in [-0.25, -0.2) is 8.42 Å². The quantitative estimate of drug-likeness (QED) is 0.364. The lowest BCUT2D eigenvalue weighted by molar-refractivity contribution is -0.385. The standard InChI is InChI=1S/C9H5ClN2O5S/c10-18(16,17)8-5-7(12(14)15)3-1-6(8)2-4-9(11)13/h1,3,5H,(H2,11,13). The van der Waals surface area contributed by atoms with E-state index in [0.717, 1.165) is 18.2 Å². The summed E-state index contributed by atoms with van der Waals surface area (Å²) in [5.74, 6) is 3.13. The van der Waals surface area contributed by atoms with Crippen LogP contribution in [0.1, 0.15) is 5.56 Å². The number of primary amides is 1. The third-order valence-electron chi connectivity index (χ3n) is 1.76. The molecule has 0 saturated heterocycles. The Kier molecular flexibility index (Phi) is 3.90. The number of nitro benzene ring substituents is 1. The van der Waals surface area contributed by atoms with E-state index in [4.69, 9.17) is 16.4 Å². The molecule has 1 amide bonds. The summed E-state index contributed by atoms with van der Waals surface area (Å²) in [5.41, 5.74) is 4.17. The summed E-state index contributed by atoms with van der Waals surface area (Å²) in [6.07, 6.45) is 0. The number of nitrogens with two attached hydrogens (primary N) is 1. The van der Waals surface area contributed by atoms with Crippen LogP contribution >= 0.6 is 10.7 Å². The molecule has 0 aliphatic heterocycles. The maximum Gasteiger partial charge on any atom is 0.293 e. The second-order valence-corrected chi connectivity index (χ2v) is 5.52. The first-order chi connectivity index (χ1) is 8.21. The van der Waals surface area contributed by atoms with Crippen molar-refractivity contribution in [2.45, 2.75) is 4.90 Å². The predicted molar refractivity (Wildman–Crippen MR) is 62.2 cm³/mol. The van der Waals surface area contributed by atoms with E-state index in [2.05, 4.69) is 5.92 Å². The third kappa shape index (κ3) is 3.44. The molecule has 0 aromatic heterocycles. The van der Waals surface area contributed by atoms with Crippen molar-refractivity contribution in [1.29, 1.82) is 0 Å². The van der Waals surface area contributed by atoms with Gasteiger partial charge in [0, 0.05) is 34.3 Å². The van der Waals surface area contributed by atoms with Crippen LogP contribution < -0.4 is 5.73 Å². The van der Waals surface area contributed by atoms with Gasteiger partial charge in [-0.05, 0) is 6.07 Å². The van der Waals surface area contributed by atoms with Crippen molar-refractivity contribution in [3.8, 4) is 11.8 Å². The Balaban J connectivity index is 3.51. The molecule has 0 aliphatic carbocycles. The fourth-order valence-corrected chi connectivity index (χ4v) is 2.08. The SMILES string of the molecule is NC(=O)C#Cc1ccc([N+](=O)[O-])cc1S(=O)(=O)Cl. The van der Waals surface area contributed by atoms with Crippen LogP contribution in [-0.4, -0.2) is 19.2 Å². The molecule has 1 aromatic carbocycles. The topological polar surface area (TPSA) is 120 Å². The van der Waals surface area contributed by atoms with Gasteiger partial charge in [0.2, 0.25) is 0 Å². The molecule has 9 heteroatoms. The Hall–Kier alpha value is -2.11. The molecule has 2 N–H and O–H groups in total. The number of carbonyl (C=O) groups is 1. The van der Waals surface area contributed by atoms with Gasteiger partial charge in [-0.2, -0.15) is 0 Å². The van der Waals surface area contributed by atoms with Crippen molar-refractivity contribution in [3.05, 3.63) is 33.9 Å². The van der Waals surface area contributed by atoms with Crippen molar-refractivity contribution in [2.24, 2.45) is 5.73 Å². The van der Waals surface area contributed by atoms with Crippen LogP contribution in [0.25, 0.3) is 0 Å². The highest BCUT2D eigenvalue weighted by atomic mass is 35.7. The van der Waals surface area contributed by atoms with Gasteiger partial charge in [0.15, 0.2) is 0 Å². The molecule has 94 valence electrons. The number of rotatable bonds is 2. The Labute approximate surface area is 106 Å². The van der Waals surface area contributed by atoms with Crippen molar-refractivity contribution in [1.82, 2.24) is 0 Å². The molecular formula is C9H5ClN2O5S. The minimum Gasteiger partial charge on any atom is -0.359 e. The van der Waals surface area contributed by atoms with Gasteiger partial charge in [-0.3, -0.25) is 14.9 Å². The Bertz CT molecular complexity index is 687. The van der Waals surface area contributed by atoms with Crippen LogP contribution in [0.2, 0.25) is 0 Å². The first kappa shape index (κ1) is 14.0. The Morgan fingerprint density at radius 3 is 2.50 bits per heavy atom. The summed E-state index contributed by atoms with van der Waals surface area (Å²) in [4.78, 5) is 19.7. The van der Waals surface area contributed by atoms with Crippen LogP contribution in [0.15, 0.2) is 23.1 Å². The molecule has 1 rings (SSSR count). The summed E-state index contributed by atoms with van der Waals surface area (Å²) >= 11 is 0. The smallest absolute Gasteiger partial charge is 0.293 e. The fraction of sp³-hybridized carbons (Fsp3) is 0. The lowest BCUT2D eigenvalue weighted by atomic mass is 10.2. The average molecular weight is 289 g/mol. The molecule has 0 heterocycles. The van der Waals surface area contributed by atoms with Gasteiger partial charge in [0.1, 0.15) is 4.90 Å². The molecule has 0 atom stereocenters. The van der Waals surface area contributed by atoms with E-state index in [9.17, 15) is 23.3 Å². The monoisotopic (exact) mass is 288 g/mol. The van der Waals surface area contributed by atoms with Gasteiger partial charge in [-0.1, -0.05) is 5.92 Å². The highest BCUT2D eigenvalue weighted by molar-refractivity contribution is 8.13. The third-order valence-corrected chi connectivity index (χ3v) is 3.12. The van der Waals surface area contributed by atoms with Crippen LogP contribution in [0.4, 0.5) is 5.69 Å². The molecular weight excluding hydrogens is 284 g/mol. The fourth-order valence-electron chi connectivity index (χ4n) is 1.06. The van der Waals surface area contributed by atoms with E-state index in [0.29, 0.717) is 0 Å². The number of nitro groups is 1. The normalized spacial score (nSPS) is 10.3. The van der Waals surface area contributed by atoms with Crippen LogP contribution in [0.3, 0.4) is 0 Å². The minimum absolute atomic E-state index is 0.144. The average Bonchev–Trinajstić information content (AvgIpc) is 2.24. The summed E-state index contributed by atoms with van der Waals surface area (Å²) < 4.78 is 22.5. The Morgan fingerprint density at radius 1 is 1.44 bits per heavy atom. The van der Waals surface area contributed by atoms with Gasteiger partial charge in [-0.15, -0.1) is 0 Å². The molecule has 0 aliphatic rings. The molecule has 0 radical (unpaired) electrons. The van der Waals surface area contributed by atoms with Gasteiger partial charge < -0.3 is 5.73 Å². The van der Waals surface area contributed by atoms with E-state index in [1.165, 1.54) is 0 Å². The second kappa shape index (κ2) is 5.03. The zero-order valence-corrected chi connectivity index (χ0v) is 10.2. The zero-order valence-electron chi connectivity index (χ0n) is 8.58. The van der Waals surface area contributed by atoms with Crippen molar-refractivity contribution < 1.29 is 18.1 Å². The predicted octanol–water partition coefficient (Wildman–Crippen LogP) is 0.359. The molecule has 18 heavy (non-hydrogen) atoms. The maximum absolute atomic E-state index is 11.2. The molecule has 0 bridgehead atoms. The summed E-state index contributed by atoms with van der Waals surface area (Å²) in [5, 5.41) is 10.5. The Morgan fingerprint density at radius 2 is 2.06 bits per heavy atom. The van der Waals surface area contributed by atoms with Crippen LogP contribution in [0.5, 0.6) is 0 Å². The number of halogens is 1. The van der Waals surface area contributed by atoms with Crippen molar-refractivity contribution in [3.63, 3.8) is 0 Å². The number of amides is 1. The first-order valence-corrected chi connectivity index (χ1v) is 6.57. The number of hydrogen-bond acceptors (Lipinski definition) is 5. The van der Waals surface area contributed by atoms with E-state index in [-0.39, 0.29) is 5.56 Å². The lowest BCUT2D eigenvalue weighted by Gasteiger charge is -2.00. The lowest BCUT2D eigenvalue weighted by Crippen LogP contribution is -2.06. The van der Waals surface area contributed by atoms with Crippen LogP contribution in [-0.2, 0) is 13.8 Å². The number of non-ortho nitro benzene ring substituents is 1. The highest BCUT2D eigenvalue weighted by Crippen LogP contribution is 2.24. The van der Waals surface area contributed by atoms with Gasteiger partial charge in [0.25, 0.3) is 20.6 Å². The summed E-state index contributed by atoms with van der Waals surface area (Å²) in [7, 11) is 0.897. The van der Waals surface area contributed by atoms with E-state index in [1.54, 1.807) is 0 Å². The number of benzene rings is 1. The number of hydrogen-bond donors (Lipinski definition) is 1. The first-order valence-electron chi connectivity index (χ1n) is 4.26. The molecule has 0 saturated carbocycles. The molecule has 1 aromatic rings. The van der Waals surface area contributed by atoms with Crippen molar-refractivity contribution >= 4 is 31.3 Å². The van der Waals surface area contributed by atoms with E-state index < -0.39 is 30.5 Å². The molecule has 7 nitrogen and oxygen atoms in total. The minimum atomic E-state index is -4.22. The number of carbonyl (C=O) groups excluding carboxylic acids is 1. The highest BCUT2D eigenvalue weighted by Gasteiger charge is 2.19. The molecule has 0 unspecified atom stereocenters. The second-order valence-electron chi connectivity index (χ2n) is 2.99. The van der Waals surface area contributed by atoms with Gasteiger partial charge >= 0.3 is 0 Å². The van der Waals surface area contributed by atoms with Crippen LogP contribution in [0, 0.1) is 22.0 Å². The number of nitrogens with zero attached hydrogens (tertiary/aromatic N) is 1. The molecule has 0 fully saturated rings. The van der Waals surface area contributed by atoms with E-state index in [1.807, 2.05) is 5.92 Å². The summed E-state index contributed by atoms with van der Waals surface area (Å²) in [6.45, 7) is 0. The van der Waals surface area contributed by atoms with Crippen molar-refractivity contribution in [2.75, 3.05) is 0 Å². The molecule has 0 spiro atoms. The largest absolute Gasteiger partial charge is 0.359 e. The zero-order chi connectivity index (χ0) is 13.9.